The number of allylic oxidation sites excluding steroid dienone is 1. The lowest BCUT2D eigenvalue weighted by Crippen LogP contribution is -2.30. The van der Waals surface area contributed by atoms with Crippen molar-refractivity contribution in [1.82, 2.24) is 0 Å². The Hall–Kier alpha value is -0.315. The van der Waals surface area contributed by atoms with E-state index >= 15 is 0 Å². The van der Waals surface area contributed by atoms with E-state index in [1.807, 2.05) is 6.08 Å². The van der Waals surface area contributed by atoms with E-state index in [2.05, 4.69) is 0 Å². The minimum Gasteiger partial charge on any atom is -0.427 e. The minimum atomic E-state index is -1.42. The normalized spacial score (nSPS) is 32.3. The molecule has 1 aliphatic carbocycles. The second kappa shape index (κ2) is 3.19. The first kappa shape index (κ1) is 7.79. The van der Waals surface area contributed by atoms with Gasteiger partial charge in [0.1, 0.15) is 0 Å². The lowest BCUT2D eigenvalue weighted by atomic mass is 9.67. The average Bonchev–Trinajstić information content (AvgIpc) is 1.88. The topological polar surface area (TPSA) is 60.7 Å². The van der Waals surface area contributed by atoms with Crippen molar-refractivity contribution in [2.75, 3.05) is 0 Å². The molecule has 0 heterocycles. The zero-order valence-electron chi connectivity index (χ0n) is 5.64. The van der Waals surface area contributed by atoms with Gasteiger partial charge in [-0.3, -0.25) is 0 Å². The Bertz CT molecular complexity index is 135. The summed E-state index contributed by atoms with van der Waals surface area (Å²) in [6.45, 7) is 0. The van der Waals surface area contributed by atoms with E-state index in [4.69, 9.17) is 15.2 Å². The van der Waals surface area contributed by atoms with Gasteiger partial charge < -0.3 is 15.2 Å². The Morgan fingerprint density at radius 1 is 1.40 bits per heavy atom. The van der Waals surface area contributed by atoms with Gasteiger partial charge in [-0.05, 0) is 12.8 Å². The molecule has 0 spiro atoms. The van der Waals surface area contributed by atoms with E-state index in [0.717, 1.165) is 6.42 Å². The summed E-state index contributed by atoms with van der Waals surface area (Å²) >= 11 is 0. The molecule has 3 nitrogen and oxygen atoms in total. The molecule has 2 atom stereocenters. The molecule has 0 aromatic heterocycles. The van der Waals surface area contributed by atoms with Crippen molar-refractivity contribution in [3.05, 3.63) is 12.2 Å². The summed E-state index contributed by atoms with van der Waals surface area (Å²) in [5.41, 5.74) is 0. The fourth-order valence-corrected chi connectivity index (χ4v) is 1.14. The Labute approximate surface area is 60.1 Å². The quantitative estimate of drug-likeness (QED) is 0.343. The number of aliphatic hydroxyl groups is 1. The molecule has 0 amide bonds. The van der Waals surface area contributed by atoms with Crippen LogP contribution in [0.2, 0.25) is 5.82 Å². The molecular formula is C6H11BO3. The molecule has 1 aliphatic rings. The maximum Gasteiger partial charge on any atom is 0.461 e. The molecule has 0 aromatic rings. The molecule has 0 saturated heterocycles. The van der Waals surface area contributed by atoms with Crippen LogP contribution in [0.3, 0.4) is 0 Å². The highest BCUT2D eigenvalue weighted by Gasteiger charge is 2.29. The van der Waals surface area contributed by atoms with Crippen molar-refractivity contribution < 1.29 is 15.2 Å². The van der Waals surface area contributed by atoms with Crippen molar-refractivity contribution in [2.45, 2.75) is 24.8 Å². The van der Waals surface area contributed by atoms with Crippen LogP contribution < -0.4 is 0 Å². The van der Waals surface area contributed by atoms with E-state index < -0.39 is 19.0 Å². The predicted molar refractivity (Wildman–Crippen MR) is 38.3 cm³/mol. The summed E-state index contributed by atoms with van der Waals surface area (Å²) in [4.78, 5) is 0. The number of hydrogen-bond donors (Lipinski definition) is 3. The van der Waals surface area contributed by atoms with E-state index in [1.165, 1.54) is 0 Å². The van der Waals surface area contributed by atoms with Crippen LogP contribution in [0, 0.1) is 0 Å². The summed E-state index contributed by atoms with van der Waals surface area (Å²) in [5.74, 6) is -0.492. The third kappa shape index (κ3) is 1.59. The highest BCUT2D eigenvalue weighted by atomic mass is 16.4. The molecule has 0 radical (unpaired) electrons. The Morgan fingerprint density at radius 3 is 2.50 bits per heavy atom. The van der Waals surface area contributed by atoms with Crippen LogP contribution >= 0.6 is 0 Å². The monoisotopic (exact) mass is 142 g/mol. The fourth-order valence-electron chi connectivity index (χ4n) is 1.14. The van der Waals surface area contributed by atoms with Crippen molar-refractivity contribution in [3.63, 3.8) is 0 Å². The van der Waals surface area contributed by atoms with Crippen molar-refractivity contribution >= 4 is 7.12 Å². The number of aliphatic hydroxyl groups excluding tert-OH is 1. The third-order valence-corrected chi connectivity index (χ3v) is 1.78. The highest BCUT2D eigenvalue weighted by molar-refractivity contribution is 6.44. The summed E-state index contributed by atoms with van der Waals surface area (Å²) < 4.78 is 0. The second-order valence-corrected chi connectivity index (χ2v) is 2.56. The van der Waals surface area contributed by atoms with Gasteiger partial charge in [0.15, 0.2) is 0 Å². The first-order valence-corrected chi connectivity index (χ1v) is 3.42. The molecule has 4 heteroatoms. The largest absolute Gasteiger partial charge is 0.461 e. The summed E-state index contributed by atoms with van der Waals surface area (Å²) in [6, 6.07) is 0. The zero-order chi connectivity index (χ0) is 7.56. The molecule has 0 aliphatic heterocycles. The molecule has 0 saturated carbocycles. The van der Waals surface area contributed by atoms with Crippen molar-refractivity contribution in [1.29, 1.82) is 0 Å². The van der Waals surface area contributed by atoms with Gasteiger partial charge in [-0.1, -0.05) is 12.2 Å². The maximum atomic E-state index is 9.17. The molecule has 1 rings (SSSR count). The molecule has 0 fully saturated rings. The Morgan fingerprint density at radius 2 is 2.10 bits per heavy atom. The fraction of sp³-hybridized carbons (Fsp3) is 0.667. The summed E-state index contributed by atoms with van der Waals surface area (Å²) in [6.07, 6.45) is 4.36. The van der Waals surface area contributed by atoms with Crippen LogP contribution in [0.5, 0.6) is 0 Å². The van der Waals surface area contributed by atoms with Crippen LogP contribution in [0.4, 0.5) is 0 Å². The maximum absolute atomic E-state index is 9.17. The summed E-state index contributed by atoms with van der Waals surface area (Å²) in [5, 5.41) is 26.6. The minimum absolute atomic E-state index is 0.492. The van der Waals surface area contributed by atoms with Gasteiger partial charge in [0.25, 0.3) is 0 Å². The van der Waals surface area contributed by atoms with Gasteiger partial charge in [0.05, 0.1) is 6.10 Å². The molecule has 0 bridgehead atoms. The summed E-state index contributed by atoms with van der Waals surface area (Å²) in [7, 11) is -1.42. The van der Waals surface area contributed by atoms with Gasteiger partial charge in [-0.25, -0.2) is 0 Å². The van der Waals surface area contributed by atoms with Gasteiger partial charge in [0, 0.05) is 5.82 Å². The van der Waals surface area contributed by atoms with Crippen LogP contribution in [0.1, 0.15) is 12.8 Å². The van der Waals surface area contributed by atoms with Crippen molar-refractivity contribution in [2.24, 2.45) is 0 Å². The zero-order valence-corrected chi connectivity index (χ0v) is 5.64. The molecule has 0 aromatic carbocycles. The van der Waals surface area contributed by atoms with Gasteiger partial charge >= 0.3 is 7.12 Å². The highest BCUT2D eigenvalue weighted by Crippen LogP contribution is 2.23. The van der Waals surface area contributed by atoms with Crippen LogP contribution in [0.15, 0.2) is 12.2 Å². The predicted octanol–water partition coefficient (Wildman–Crippen LogP) is -0.460. The number of hydrogen-bond acceptors (Lipinski definition) is 3. The van der Waals surface area contributed by atoms with Gasteiger partial charge in [-0.15, -0.1) is 0 Å². The lowest BCUT2D eigenvalue weighted by Gasteiger charge is -2.21. The average molecular weight is 142 g/mol. The molecule has 10 heavy (non-hydrogen) atoms. The Balaban J connectivity index is 2.55. The first-order valence-electron chi connectivity index (χ1n) is 3.42. The standard InChI is InChI=1S/C6H11BO3/c8-6-4-2-1-3-5(6)7(9)10/h1,3,5-6,8-10H,2,4H2/t5-,6+/m1/s1. The van der Waals surface area contributed by atoms with E-state index in [1.54, 1.807) is 6.08 Å². The van der Waals surface area contributed by atoms with E-state index in [0.29, 0.717) is 6.42 Å². The van der Waals surface area contributed by atoms with Crippen molar-refractivity contribution in [3.8, 4) is 0 Å². The molecule has 3 N–H and O–H groups in total. The molecule has 0 unspecified atom stereocenters. The van der Waals surface area contributed by atoms with Gasteiger partial charge in [-0.2, -0.15) is 0 Å². The lowest BCUT2D eigenvalue weighted by molar-refractivity contribution is 0.151. The van der Waals surface area contributed by atoms with Crippen LogP contribution in [-0.2, 0) is 0 Å². The SMILES string of the molecule is OB(O)[C@@H]1C=CCC[C@@H]1O. The smallest absolute Gasteiger partial charge is 0.427 e. The second-order valence-electron chi connectivity index (χ2n) is 2.56. The van der Waals surface area contributed by atoms with Gasteiger partial charge in [0.2, 0.25) is 0 Å². The first-order chi connectivity index (χ1) is 4.72. The Kier molecular flexibility index (Phi) is 2.48. The molecule has 56 valence electrons. The van der Waals surface area contributed by atoms with E-state index in [9.17, 15) is 0 Å². The van der Waals surface area contributed by atoms with Crippen LogP contribution in [0.25, 0.3) is 0 Å². The number of rotatable bonds is 1. The van der Waals surface area contributed by atoms with E-state index in [-0.39, 0.29) is 0 Å². The molecular weight excluding hydrogens is 131 g/mol. The van der Waals surface area contributed by atoms with Crippen LogP contribution in [-0.4, -0.2) is 28.4 Å². The third-order valence-electron chi connectivity index (χ3n) is 1.78.